The van der Waals surface area contributed by atoms with Crippen molar-refractivity contribution >= 4 is 28.6 Å². The van der Waals surface area contributed by atoms with E-state index in [4.69, 9.17) is 29.7 Å². The predicted molar refractivity (Wildman–Crippen MR) is 160 cm³/mol. The first-order valence-electron chi connectivity index (χ1n) is 14.2. The van der Waals surface area contributed by atoms with Crippen LogP contribution in [0.5, 0.6) is 0 Å². The molecule has 13 heteroatoms. The summed E-state index contributed by atoms with van der Waals surface area (Å²) in [7, 11) is 0. The number of hydrogen-bond donors (Lipinski definition) is 4. The normalized spacial score (nSPS) is 11.3. The van der Waals surface area contributed by atoms with E-state index in [2.05, 4.69) is 32.6 Å². The Labute approximate surface area is 245 Å². The molecule has 3 heterocycles. The summed E-state index contributed by atoms with van der Waals surface area (Å²) in [5.41, 5.74) is 9.10. The van der Waals surface area contributed by atoms with E-state index in [1.54, 1.807) is 12.1 Å². The first kappa shape index (κ1) is 31.1. The van der Waals surface area contributed by atoms with Gasteiger partial charge in [0.1, 0.15) is 5.65 Å². The standard InChI is InChI=1S/C29H40N8O5/c1-2-11-37-21-23(20-33-37)26-25-7-9-31-27(25)36-29(35-26)34-24-5-3-22(4-6-24)28(38)32-10-13-40-15-17-42-19-18-41-16-14-39-12-8-30/h3-7,9,20-21H,2,8,10-19,30H2,1H3,(H,32,38)(H2,31,34,35,36). The Morgan fingerprint density at radius 1 is 0.929 bits per heavy atom. The molecule has 13 nitrogen and oxygen atoms in total. The molecule has 3 aromatic heterocycles. The number of benzene rings is 1. The number of nitrogens with one attached hydrogen (secondary N) is 3. The van der Waals surface area contributed by atoms with Crippen molar-refractivity contribution in [1.29, 1.82) is 0 Å². The van der Waals surface area contributed by atoms with Crippen LogP contribution in [0.4, 0.5) is 11.6 Å². The molecule has 0 fully saturated rings. The van der Waals surface area contributed by atoms with Crippen LogP contribution in [0.15, 0.2) is 48.9 Å². The van der Waals surface area contributed by atoms with Gasteiger partial charge in [-0.3, -0.25) is 9.48 Å². The Hall–Kier alpha value is -3.88. The fourth-order valence-corrected chi connectivity index (χ4v) is 4.07. The number of fused-ring (bicyclic) bond motifs is 1. The topological polar surface area (TPSA) is 163 Å². The van der Waals surface area contributed by atoms with E-state index in [0.29, 0.717) is 77.5 Å². The lowest BCUT2D eigenvalue weighted by Crippen LogP contribution is -2.27. The van der Waals surface area contributed by atoms with Gasteiger partial charge in [0.05, 0.1) is 64.7 Å². The molecular formula is C29H40N8O5. The van der Waals surface area contributed by atoms with Gasteiger partial charge in [-0.2, -0.15) is 10.1 Å². The number of nitrogens with zero attached hydrogens (tertiary/aromatic N) is 4. The highest BCUT2D eigenvalue weighted by Crippen LogP contribution is 2.27. The molecule has 1 amide bonds. The van der Waals surface area contributed by atoms with Gasteiger partial charge in [-0.15, -0.1) is 0 Å². The Balaban J connectivity index is 1.16. The lowest BCUT2D eigenvalue weighted by Gasteiger charge is -2.09. The van der Waals surface area contributed by atoms with Crippen LogP contribution >= 0.6 is 0 Å². The van der Waals surface area contributed by atoms with Crippen molar-refractivity contribution in [2.75, 3.05) is 71.3 Å². The van der Waals surface area contributed by atoms with E-state index < -0.39 is 0 Å². The highest BCUT2D eigenvalue weighted by molar-refractivity contribution is 5.94. The minimum atomic E-state index is -0.176. The third kappa shape index (κ3) is 9.60. The van der Waals surface area contributed by atoms with Gasteiger partial charge in [0.2, 0.25) is 5.95 Å². The fraction of sp³-hybridized carbons (Fsp3) is 0.448. The van der Waals surface area contributed by atoms with E-state index in [1.165, 1.54) is 0 Å². The molecular weight excluding hydrogens is 540 g/mol. The van der Waals surface area contributed by atoms with Gasteiger partial charge in [0, 0.05) is 54.2 Å². The van der Waals surface area contributed by atoms with Crippen molar-refractivity contribution in [3.8, 4) is 11.3 Å². The third-order valence-corrected chi connectivity index (χ3v) is 6.09. The number of aromatic nitrogens is 5. The molecule has 4 aromatic rings. The summed E-state index contributed by atoms with van der Waals surface area (Å²) in [4.78, 5) is 25.0. The van der Waals surface area contributed by atoms with Crippen LogP contribution in [0.1, 0.15) is 23.7 Å². The number of aromatic amines is 1. The number of rotatable bonds is 20. The van der Waals surface area contributed by atoms with E-state index in [9.17, 15) is 4.79 Å². The molecule has 0 unspecified atom stereocenters. The summed E-state index contributed by atoms with van der Waals surface area (Å²) in [6.45, 7) is 7.73. The van der Waals surface area contributed by atoms with Crippen molar-refractivity contribution < 1.29 is 23.7 Å². The maximum absolute atomic E-state index is 12.5. The Morgan fingerprint density at radius 3 is 2.31 bits per heavy atom. The summed E-state index contributed by atoms with van der Waals surface area (Å²) in [5, 5.41) is 11.5. The number of nitrogens with two attached hydrogens (primary N) is 1. The van der Waals surface area contributed by atoms with E-state index in [-0.39, 0.29) is 5.91 Å². The second kappa shape index (κ2) is 17.2. The third-order valence-electron chi connectivity index (χ3n) is 6.09. The van der Waals surface area contributed by atoms with Crippen molar-refractivity contribution in [1.82, 2.24) is 30.0 Å². The Bertz CT molecular complexity index is 1360. The molecule has 0 aliphatic carbocycles. The molecule has 0 bridgehead atoms. The van der Waals surface area contributed by atoms with Crippen LogP contribution in [0, 0.1) is 0 Å². The van der Waals surface area contributed by atoms with Crippen molar-refractivity contribution in [3.63, 3.8) is 0 Å². The predicted octanol–water partition coefficient (Wildman–Crippen LogP) is 2.73. The minimum absolute atomic E-state index is 0.176. The van der Waals surface area contributed by atoms with Crippen molar-refractivity contribution in [2.45, 2.75) is 19.9 Å². The molecule has 4 rings (SSSR count). The molecule has 0 aliphatic rings. The van der Waals surface area contributed by atoms with E-state index in [1.807, 2.05) is 41.5 Å². The largest absolute Gasteiger partial charge is 0.378 e. The lowest BCUT2D eigenvalue weighted by atomic mass is 10.2. The number of ether oxygens (including phenoxy) is 4. The SMILES string of the molecule is CCCn1cc(-c2nc(Nc3ccc(C(=O)NCCOCCOCCOCCOCCN)cc3)nc3[nH]ccc23)cn1. The van der Waals surface area contributed by atoms with Crippen LogP contribution in [0.25, 0.3) is 22.3 Å². The summed E-state index contributed by atoms with van der Waals surface area (Å²) >= 11 is 0. The van der Waals surface area contributed by atoms with Gasteiger partial charge in [-0.1, -0.05) is 6.92 Å². The van der Waals surface area contributed by atoms with Gasteiger partial charge < -0.3 is 40.3 Å². The molecule has 5 N–H and O–H groups in total. The fourth-order valence-electron chi connectivity index (χ4n) is 4.07. The first-order chi connectivity index (χ1) is 20.7. The number of hydrogen-bond acceptors (Lipinski definition) is 10. The molecule has 0 aliphatic heterocycles. The summed E-state index contributed by atoms with van der Waals surface area (Å²) in [6, 6.07) is 9.10. The summed E-state index contributed by atoms with van der Waals surface area (Å²) in [6.07, 6.45) is 6.66. The number of H-pyrrole nitrogens is 1. The lowest BCUT2D eigenvalue weighted by molar-refractivity contribution is -0.000579. The van der Waals surface area contributed by atoms with Crippen LogP contribution in [-0.4, -0.2) is 96.6 Å². The zero-order valence-corrected chi connectivity index (χ0v) is 24.0. The number of anilines is 2. The second-order valence-electron chi connectivity index (χ2n) is 9.32. The number of carbonyl (C=O) groups excluding carboxylic acids is 1. The highest BCUT2D eigenvalue weighted by atomic mass is 16.6. The average Bonchev–Trinajstić information content (AvgIpc) is 3.67. The average molecular weight is 581 g/mol. The number of aryl methyl sites for hydroxylation is 1. The van der Waals surface area contributed by atoms with Crippen LogP contribution < -0.4 is 16.4 Å². The molecule has 42 heavy (non-hydrogen) atoms. The second-order valence-corrected chi connectivity index (χ2v) is 9.32. The highest BCUT2D eigenvalue weighted by Gasteiger charge is 2.13. The molecule has 0 atom stereocenters. The van der Waals surface area contributed by atoms with Crippen molar-refractivity contribution in [3.05, 3.63) is 54.5 Å². The van der Waals surface area contributed by atoms with Crippen LogP contribution in [-0.2, 0) is 25.5 Å². The minimum Gasteiger partial charge on any atom is -0.378 e. The smallest absolute Gasteiger partial charge is 0.251 e. The molecule has 0 radical (unpaired) electrons. The Kier molecular flexibility index (Phi) is 12.7. The van der Waals surface area contributed by atoms with Crippen LogP contribution in [0.2, 0.25) is 0 Å². The van der Waals surface area contributed by atoms with E-state index >= 15 is 0 Å². The van der Waals surface area contributed by atoms with Gasteiger partial charge in [-0.05, 0) is 36.8 Å². The summed E-state index contributed by atoms with van der Waals surface area (Å²) < 4.78 is 23.5. The summed E-state index contributed by atoms with van der Waals surface area (Å²) in [5.74, 6) is 0.270. The number of carbonyl (C=O) groups is 1. The number of amides is 1. The Morgan fingerprint density at radius 2 is 1.62 bits per heavy atom. The molecule has 1 aromatic carbocycles. The maximum Gasteiger partial charge on any atom is 0.251 e. The van der Waals surface area contributed by atoms with Crippen LogP contribution in [0.3, 0.4) is 0 Å². The van der Waals surface area contributed by atoms with Gasteiger partial charge in [0.15, 0.2) is 0 Å². The van der Waals surface area contributed by atoms with Gasteiger partial charge in [0.25, 0.3) is 5.91 Å². The van der Waals surface area contributed by atoms with Gasteiger partial charge in [-0.25, -0.2) is 4.98 Å². The first-order valence-corrected chi connectivity index (χ1v) is 14.2. The molecule has 0 saturated carbocycles. The monoisotopic (exact) mass is 580 g/mol. The zero-order chi connectivity index (χ0) is 29.4. The molecule has 0 saturated heterocycles. The maximum atomic E-state index is 12.5. The van der Waals surface area contributed by atoms with E-state index in [0.717, 1.165) is 40.9 Å². The zero-order valence-electron chi connectivity index (χ0n) is 24.0. The quantitative estimate of drug-likeness (QED) is 0.114. The van der Waals surface area contributed by atoms with Gasteiger partial charge >= 0.3 is 0 Å². The molecule has 226 valence electrons. The molecule has 0 spiro atoms. The van der Waals surface area contributed by atoms with Crippen molar-refractivity contribution in [2.24, 2.45) is 5.73 Å².